The first kappa shape index (κ1) is 13.9. The molecule has 0 bridgehead atoms. The standard InChI is InChI=1S/C14H16N2O4/c1-16-9-10(8-15-16)5-6-20-12-4-3-11(14(17)18)7-13(12)19-2/h3-4,7-9H,5-6H2,1-2H3,(H,17,18). The highest BCUT2D eigenvalue weighted by atomic mass is 16.5. The van der Waals surface area contributed by atoms with E-state index >= 15 is 0 Å². The van der Waals surface area contributed by atoms with Gasteiger partial charge in [-0.15, -0.1) is 0 Å². The Kier molecular flexibility index (Phi) is 4.24. The Morgan fingerprint density at radius 3 is 2.80 bits per heavy atom. The molecule has 0 unspecified atom stereocenters. The van der Waals surface area contributed by atoms with Crippen LogP contribution in [0.15, 0.2) is 30.6 Å². The molecule has 1 N–H and O–H groups in total. The zero-order valence-electron chi connectivity index (χ0n) is 11.4. The van der Waals surface area contributed by atoms with Gasteiger partial charge in [-0.2, -0.15) is 5.10 Å². The fraction of sp³-hybridized carbons (Fsp3) is 0.286. The zero-order chi connectivity index (χ0) is 14.5. The Morgan fingerprint density at radius 2 is 2.20 bits per heavy atom. The quantitative estimate of drug-likeness (QED) is 0.870. The Morgan fingerprint density at radius 1 is 1.40 bits per heavy atom. The molecular formula is C14H16N2O4. The molecule has 0 aliphatic carbocycles. The van der Waals surface area contributed by atoms with Crippen molar-refractivity contribution < 1.29 is 19.4 Å². The maximum absolute atomic E-state index is 10.9. The lowest BCUT2D eigenvalue weighted by Gasteiger charge is -2.10. The number of carboxylic acid groups (broad SMARTS) is 1. The normalized spacial score (nSPS) is 10.3. The Bertz CT molecular complexity index is 607. The Balaban J connectivity index is 2.00. The summed E-state index contributed by atoms with van der Waals surface area (Å²) in [7, 11) is 3.34. The molecule has 6 nitrogen and oxygen atoms in total. The molecule has 0 aliphatic heterocycles. The minimum absolute atomic E-state index is 0.168. The Labute approximate surface area is 116 Å². The van der Waals surface area contributed by atoms with Crippen molar-refractivity contribution in [1.29, 1.82) is 0 Å². The lowest BCUT2D eigenvalue weighted by molar-refractivity contribution is 0.0696. The highest BCUT2D eigenvalue weighted by Gasteiger charge is 2.10. The van der Waals surface area contributed by atoms with Crippen molar-refractivity contribution in [3.63, 3.8) is 0 Å². The van der Waals surface area contributed by atoms with E-state index in [2.05, 4.69) is 5.10 Å². The molecule has 0 atom stereocenters. The molecule has 0 amide bonds. The summed E-state index contributed by atoms with van der Waals surface area (Å²) in [5, 5.41) is 13.0. The van der Waals surface area contributed by atoms with E-state index in [-0.39, 0.29) is 5.56 Å². The molecule has 2 rings (SSSR count). The van der Waals surface area contributed by atoms with E-state index in [1.165, 1.54) is 19.2 Å². The summed E-state index contributed by atoms with van der Waals surface area (Å²) >= 11 is 0. The number of rotatable bonds is 6. The van der Waals surface area contributed by atoms with Crippen LogP contribution in [0.4, 0.5) is 0 Å². The lowest BCUT2D eigenvalue weighted by Crippen LogP contribution is -2.04. The van der Waals surface area contributed by atoms with Crippen molar-refractivity contribution in [3.8, 4) is 11.5 Å². The summed E-state index contributed by atoms with van der Waals surface area (Å²) in [5.41, 5.74) is 1.25. The minimum Gasteiger partial charge on any atom is -0.493 e. The van der Waals surface area contributed by atoms with Crippen molar-refractivity contribution in [1.82, 2.24) is 9.78 Å². The van der Waals surface area contributed by atoms with Gasteiger partial charge in [0.25, 0.3) is 0 Å². The lowest BCUT2D eigenvalue weighted by atomic mass is 10.2. The maximum Gasteiger partial charge on any atom is 0.335 e. The first-order valence-electron chi connectivity index (χ1n) is 6.12. The summed E-state index contributed by atoms with van der Waals surface area (Å²) in [5.74, 6) is -0.0531. The number of carbonyl (C=O) groups is 1. The maximum atomic E-state index is 10.9. The average molecular weight is 276 g/mol. The number of aromatic carboxylic acids is 1. The number of nitrogens with zero attached hydrogens (tertiary/aromatic N) is 2. The van der Waals surface area contributed by atoms with Crippen molar-refractivity contribution in [3.05, 3.63) is 41.7 Å². The van der Waals surface area contributed by atoms with Crippen LogP contribution in [-0.2, 0) is 13.5 Å². The smallest absolute Gasteiger partial charge is 0.335 e. The van der Waals surface area contributed by atoms with Crippen molar-refractivity contribution in [2.75, 3.05) is 13.7 Å². The molecule has 2 aromatic rings. The predicted molar refractivity (Wildman–Crippen MR) is 72.4 cm³/mol. The first-order chi connectivity index (χ1) is 9.60. The third-order valence-corrected chi connectivity index (χ3v) is 2.82. The van der Waals surface area contributed by atoms with E-state index in [4.69, 9.17) is 14.6 Å². The van der Waals surface area contributed by atoms with Gasteiger partial charge in [0.1, 0.15) is 0 Å². The van der Waals surface area contributed by atoms with E-state index in [1.807, 2.05) is 13.2 Å². The molecule has 1 aromatic heterocycles. The fourth-order valence-corrected chi connectivity index (χ4v) is 1.80. The first-order valence-corrected chi connectivity index (χ1v) is 6.12. The zero-order valence-corrected chi connectivity index (χ0v) is 11.4. The molecule has 0 saturated carbocycles. The monoisotopic (exact) mass is 276 g/mol. The van der Waals surface area contributed by atoms with Gasteiger partial charge in [-0.3, -0.25) is 4.68 Å². The van der Waals surface area contributed by atoms with Gasteiger partial charge in [-0.25, -0.2) is 4.79 Å². The SMILES string of the molecule is COc1cc(C(=O)O)ccc1OCCc1cnn(C)c1. The van der Waals surface area contributed by atoms with Crippen LogP contribution in [0.5, 0.6) is 11.5 Å². The number of benzene rings is 1. The van der Waals surface area contributed by atoms with Gasteiger partial charge < -0.3 is 14.6 Å². The molecule has 1 heterocycles. The highest BCUT2D eigenvalue weighted by Crippen LogP contribution is 2.28. The van der Waals surface area contributed by atoms with Crippen LogP contribution >= 0.6 is 0 Å². The van der Waals surface area contributed by atoms with Crippen LogP contribution in [0.2, 0.25) is 0 Å². The van der Waals surface area contributed by atoms with Crippen LogP contribution in [0, 0.1) is 0 Å². The second-order valence-corrected chi connectivity index (χ2v) is 4.29. The van der Waals surface area contributed by atoms with Gasteiger partial charge in [0.15, 0.2) is 11.5 Å². The number of methoxy groups -OCH3 is 1. The number of carboxylic acids is 1. The third kappa shape index (κ3) is 3.28. The van der Waals surface area contributed by atoms with Crippen molar-refractivity contribution in [2.45, 2.75) is 6.42 Å². The average Bonchev–Trinajstić information content (AvgIpc) is 2.84. The van der Waals surface area contributed by atoms with Crippen LogP contribution < -0.4 is 9.47 Å². The highest BCUT2D eigenvalue weighted by molar-refractivity contribution is 5.88. The van der Waals surface area contributed by atoms with Crippen molar-refractivity contribution in [2.24, 2.45) is 7.05 Å². The van der Waals surface area contributed by atoms with E-state index < -0.39 is 5.97 Å². The van der Waals surface area contributed by atoms with Crippen LogP contribution in [-0.4, -0.2) is 34.6 Å². The summed E-state index contributed by atoms with van der Waals surface area (Å²) in [6.45, 7) is 0.467. The van der Waals surface area contributed by atoms with Gasteiger partial charge in [-0.1, -0.05) is 0 Å². The summed E-state index contributed by atoms with van der Waals surface area (Å²) in [6, 6.07) is 4.54. The number of aryl methyl sites for hydroxylation is 1. The Hall–Kier alpha value is -2.50. The molecule has 20 heavy (non-hydrogen) atoms. The number of aromatic nitrogens is 2. The van der Waals surface area contributed by atoms with E-state index in [1.54, 1.807) is 16.9 Å². The van der Waals surface area contributed by atoms with Gasteiger partial charge >= 0.3 is 5.97 Å². The topological polar surface area (TPSA) is 73.6 Å². The molecule has 0 aliphatic rings. The molecule has 106 valence electrons. The van der Waals surface area contributed by atoms with Crippen molar-refractivity contribution >= 4 is 5.97 Å². The van der Waals surface area contributed by atoms with Gasteiger partial charge in [-0.05, 0) is 23.8 Å². The molecule has 0 spiro atoms. The predicted octanol–water partition coefficient (Wildman–Crippen LogP) is 1.75. The second kappa shape index (κ2) is 6.10. The number of hydrogen-bond donors (Lipinski definition) is 1. The van der Waals surface area contributed by atoms with E-state index in [9.17, 15) is 4.79 Å². The molecular weight excluding hydrogens is 260 g/mol. The van der Waals surface area contributed by atoms with Crippen LogP contribution in [0.1, 0.15) is 15.9 Å². The van der Waals surface area contributed by atoms with Crippen LogP contribution in [0.3, 0.4) is 0 Å². The van der Waals surface area contributed by atoms with Gasteiger partial charge in [0, 0.05) is 19.7 Å². The molecule has 0 radical (unpaired) electrons. The van der Waals surface area contributed by atoms with E-state index in [0.717, 1.165) is 12.0 Å². The number of ether oxygens (including phenoxy) is 2. The number of hydrogen-bond acceptors (Lipinski definition) is 4. The molecule has 0 saturated heterocycles. The second-order valence-electron chi connectivity index (χ2n) is 4.29. The molecule has 0 fully saturated rings. The summed E-state index contributed by atoms with van der Waals surface area (Å²) in [6.07, 6.45) is 4.43. The molecule has 1 aromatic carbocycles. The van der Waals surface area contributed by atoms with Gasteiger partial charge in [0.05, 0.1) is 25.5 Å². The van der Waals surface area contributed by atoms with Gasteiger partial charge in [0.2, 0.25) is 0 Å². The van der Waals surface area contributed by atoms with Crippen LogP contribution in [0.25, 0.3) is 0 Å². The largest absolute Gasteiger partial charge is 0.493 e. The summed E-state index contributed by atoms with van der Waals surface area (Å²) < 4.78 is 12.5. The van der Waals surface area contributed by atoms with E-state index in [0.29, 0.717) is 18.1 Å². The fourth-order valence-electron chi connectivity index (χ4n) is 1.80. The molecule has 6 heteroatoms. The third-order valence-electron chi connectivity index (χ3n) is 2.82. The summed E-state index contributed by atoms with van der Waals surface area (Å²) in [4.78, 5) is 10.9. The minimum atomic E-state index is -0.995.